The Bertz CT molecular complexity index is 1360. The Labute approximate surface area is 210 Å². The molecule has 1 spiro atoms. The van der Waals surface area contributed by atoms with Crippen LogP contribution in [0.5, 0.6) is 0 Å². The maximum atomic E-state index is 14.8. The summed E-state index contributed by atoms with van der Waals surface area (Å²) < 4.78 is 31.6. The van der Waals surface area contributed by atoms with E-state index in [1.54, 1.807) is 12.4 Å². The number of aromatic nitrogens is 5. The Kier molecular flexibility index (Phi) is 5.20. The molecule has 1 saturated heterocycles. The van der Waals surface area contributed by atoms with Gasteiger partial charge in [0.05, 0.1) is 30.0 Å². The van der Waals surface area contributed by atoms with E-state index in [9.17, 15) is 13.6 Å². The number of hydrogen-bond donors (Lipinski definition) is 2. The fourth-order valence-corrected chi connectivity index (χ4v) is 6.43. The Hall–Kier alpha value is -3.32. The molecule has 0 radical (unpaired) electrons. The van der Waals surface area contributed by atoms with Crippen LogP contribution in [0.3, 0.4) is 0 Å². The number of carbonyl (C=O) groups excluding carboxylic acids is 1. The van der Waals surface area contributed by atoms with Gasteiger partial charge in [0.25, 0.3) is 5.92 Å². The molecule has 3 aliphatic heterocycles. The van der Waals surface area contributed by atoms with E-state index in [2.05, 4.69) is 25.0 Å². The minimum atomic E-state index is -3.22. The number of fused-ring (bicyclic) bond motifs is 2. The van der Waals surface area contributed by atoms with Crippen molar-refractivity contribution >= 4 is 35.1 Å². The molecule has 6 rings (SSSR count). The van der Waals surface area contributed by atoms with E-state index in [0.717, 1.165) is 54.8 Å². The second-order valence-corrected chi connectivity index (χ2v) is 10.6. The van der Waals surface area contributed by atoms with Crippen molar-refractivity contribution in [2.24, 2.45) is 11.1 Å². The molecule has 6 heterocycles. The zero-order valence-corrected chi connectivity index (χ0v) is 20.4. The van der Waals surface area contributed by atoms with Gasteiger partial charge in [0.2, 0.25) is 5.91 Å². The van der Waals surface area contributed by atoms with Gasteiger partial charge in [-0.1, -0.05) is 11.8 Å². The van der Waals surface area contributed by atoms with Gasteiger partial charge in [-0.25, -0.2) is 15.0 Å². The number of nitrogen functional groups attached to an aromatic ring is 1. The standard InChI is InChI=1S/C23H25F2N9OS/c1-13(35)33-12-23(24,25)17-15(3-6-28-20(17)33)36-21-19(27)31-16(10-29-21)32-8-4-22(5-9-32)11-34-14(18(22)26)2-7-30-34/h2-3,6-7,10,18H,4-5,8-9,11-12,26H2,1H3,(H2,27,31)/t18-/m1/s1. The van der Waals surface area contributed by atoms with Gasteiger partial charge in [-0.3, -0.25) is 14.4 Å². The summed E-state index contributed by atoms with van der Waals surface area (Å²) in [6, 6.07) is 3.42. The smallest absolute Gasteiger partial charge is 0.295 e. The highest BCUT2D eigenvalue weighted by molar-refractivity contribution is 7.99. The normalized spacial score (nSPS) is 21.6. The van der Waals surface area contributed by atoms with Gasteiger partial charge >= 0.3 is 0 Å². The zero-order valence-electron chi connectivity index (χ0n) is 19.6. The molecule has 1 atom stereocenters. The Morgan fingerprint density at radius 3 is 2.64 bits per heavy atom. The van der Waals surface area contributed by atoms with Crippen LogP contribution in [0.25, 0.3) is 0 Å². The molecule has 10 nitrogen and oxygen atoms in total. The Morgan fingerprint density at radius 2 is 1.94 bits per heavy atom. The summed E-state index contributed by atoms with van der Waals surface area (Å²) in [5.74, 6) is -2.94. The maximum absolute atomic E-state index is 14.8. The number of nitrogens with zero attached hydrogens (tertiary/aromatic N) is 7. The summed E-state index contributed by atoms with van der Waals surface area (Å²) in [4.78, 5) is 28.2. The predicted octanol–water partition coefficient (Wildman–Crippen LogP) is 2.56. The molecule has 0 aromatic carbocycles. The molecule has 1 fully saturated rings. The lowest BCUT2D eigenvalue weighted by atomic mass is 9.73. The first-order valence-electron chi connectivity index (χ1n) is 11.7. The molecule has 3 aromatic rings. The summed E-state index contributed by atoms with van der Waals surface area (Å²) in [7, 11) is 0. The molecular formula is C23H25F2N9OS. The van der Waals surface area contributed by atoms with Gasteiger partial charge in [0.1, 0.15) is 16.7 Å². The lowest BCUT2D eigenvalue weighted by Crippen LogP contribution is -2.45. The summed E-state index contributed by atoms with van der Waals surface area (Å²) in [5, 5.41) is 4.70. The van der Waals surface area contributed by atoms with Crippen molar-refractivity contribution in [1.29, 1.82) is 0 Å². The molecule has 0 unspecified atom stereocenters. The van der Waals surface area contributed by atoms with E-state index in [1.807, 2.05) is 10.7 Å². The van der Waals surface area contributed by atoms with E-state index in [1.165, 1.54) is 19.2 Å². The van der Waals surface area contributed by atoms with Crippen LogP contribution in [-0.2, 0) is 17.3 Å². The highest BCUT2D eigenvalue weighted by Crippen LogP contribution is 2.49. The topological polar surface area (TPSA) is 132 Å². The zero-order chi connectivity index (χ0) is 25.2. The number of anilines is 3. The average molecular weight is 514 g/mol. The summed E-state index contributed by atoms with van der Waals surface area (Å²) >= 11 is 0.999. The van der Waals surface area contributed by atoms with Crippen molar-refractivity contribution < 1.29 is 13.6 Å². The van der Waals surface area contributed by atoms with E-state index in [4.69, 9.17) is 11.5 Å². The fraction of sp³-hybridized carbons (Fsp3) is 0.435. The van der Waals surface area contributed by atoms with Crippen LogP contribution in [0.15, 0.2) is 40.6 Å². The van der Waals surface area contributed by atoms with Gasteiger partial charge < -0.3 is 16.4 Å². The van der Waals surface area contributed by atoms with Crippen molar-refractivity contribution in [3.8, 4) is 0 Å². The second-order valence-electron chi connectivity index (χ2n) is 9.58. The highest BCUT2D eigenvalue weighted by atomic mass is 32.2. The van der Waals surface area contributed by atoms with Crippen LogP contribution in [0, 0.1) is 5.41 Å². The number of halogens is 2. The summed E-state index contributed by atoms with van der Waals surface area (Å²) in [5.41, 5.74) is 13.6. The van der Waals surface area contributed by atoms with E-state index in [-0.39, 0.29) is 33.6 Å². The van der Waals surface area contributed by atoms with Crippen molar-refractivity contribution in [2.75, 3.05) is 35.2 Å². The van der Waals surface area contributed by atoms with Crippen LogP contribution in [0.1, 0.15) is 37.1 Å². The Morgan fingerprint density at radius 1 is 1.17 bits per heavy atom. The largest absolute Gasteiger partial charge is 0.381 e. The van der Waals surface area contributed by atoms with Crippen molar-refractivity contribution in [2.45, 2.75) is 48.2 Å². The minimum Gasteiger partial charge on any atom is -0.381 e. The molecule has 188 valence electrons. The number of nitrogens with two attached hydrogens (primary N) is 2. The third kappa shape index (κ3) is 3.52. The lowest BCUT2D eigenvalue weighted by molar-refractivity contribution is -0.117. The van der Waals surface area contributed by atoms with E-state index < -0.39 is 18.4 Å². The van der Waals surface area contributed by atoms with Gasteiger partial charge in [-0.15, -0.1) is 0 Å². The monoisotopic (exact) mass is 513 g/mol. The number of pyridine rings is 1. The van der Waals surface area contributed by atoms with Crippen LogP contribution < -0.4 is 21.3 Å². The number of alkyl halides is 2. The molecule has 1 amide bonds. The van der Waals surface area contributed by atoms with Crippen molar-refractivity contribution in [1.82, 2.24) is 24.7 Å². The first-order valence-corrected chi connectivity index (χ1v) is 12.5. The molecule has 13 heteroatoms. The van der Waals surface area contributed by atoms with E-state index >= 15 is 0 Å². The Balaban J connectivity index is 1.19. The lowest BCUT2D eigenvalue weighted by Gasteiger charge is -2.41. The average Bonchev–Trinajstić information content (AvgIpc) is 3.49. The summed E-state index contributed by atoms with van der Waals surface area (Å²) in [6.07, 6.45) is 6.59. The quantitative estimate of drug-likeness (QED) is 0.542. The van der Waals surface area contributed by atoms with Gasteiger partial charge in [-0.05, 0) is 25.0 Å². The minimum absolute atomic E-state index is 0.0183. The van der Waals surface area contributed by atoms with Crippen LogP contribution in [0.2, 0.25) is 0 Å². The van der Waals surface area contributed by atoms with Gasteiger partial charge in [-0.2, -0.15) is 13.9 Å². The summed E-state index contributed by atoms with van der Waals surface area (Å²) in [6.45, 7) is 2.83. The molecule has 0 aliphatic carbocycles. The number of rotatable bonds is 3. The van der Waals surface area contributed by atoms with Crippen LogP contribution in [-0.4, -0.2) is 50.3 Å². The van der Waals surface area contributed by atoms with Crippen molar-refractivity contribution in [3.63, 3.8) is 0 Å². The van der Waals surface area contributed by atoms with Gasteiger partial charge in [0, 0.05) is 49.3 Å². The first-order chi connectivity index (χ1) is 17.2. The van der Waals surface area contributed by atoms with E-state index in [0.29, 0.717) is 10.8 Å². The third-order valence-electron chi connectivity index (χ3n) is 7.48. The van der Waals surface area contributed by atoms with Gasteiger partial charge in [0.15, 0.2) is 5.82 Å². The molecule has 36 heavy (non-hydrogen) atoms. The number of amides is 1. The van der Waals surface area contributed by atoms with Crippen LogP contribution >= 0.6 is 11.8 Å². The molecule has 3 aromatic heterocycles. The first kappa shape index (κ1) is 23.1. The molecule has 3 aliphatic rings. The molecule has 0 saturated carbocycles. The molecular weight excluding hydrogens is 488 g/mol. The second kappa shape index (κ2) is 8.10. The third-order valence-corrected chi connectivity index (χ3v) is 8.55. The SMILES string of the molecule is CC(=O)N1CC(F)(F)c2c(Sc3ncc(N4CCC5(CC4)Cn4nccc4[C@H]5N)nc3N)ccnc21. The molecule has 0 bridgehead atoms. The number of piperidine rings is 1. The number of carbonyl (C=O) groups is 1. The van der Waals surface area contributed by atoms with Crippen molar-refractivity contribution in [3.05, 3.63) is 42.0 Å². The number of hydrogen-bond acceptors (Lipinski definition) is 9. The molecule has 4 N–H and O–H groups in total. The maximum Gasteiger partial charge on any atom is 0.295 e. The fourth-order valence-electron chi connectivity index (χ4n) is 5.50. The highest BCUT2D eigenvalue weighted by Gasteiger charge is 2.49. The van der Waals surface area contributed by atoms with Crippen LogP contribution in [0.4, 0.5) is 26.2 Å². The predicted molar refractivity (Wildman–Crippen MR) is 130 cm³/mol.